The number of carbonyl (C=O) groups excluding carboxylic acids is 2. The van der Waals surface area contributed by atoms with E-state index in [2.05, 4.69) is 5.32 Å². The first-order valence-corrected chi connectivity index (χ1v) is 9.03. The topological polar surface area (TPSA) is 61.9 Å². The van der Waals surface area contributed by atoms with Crippen LogP contribution >= 0.6 is 11.3 Å². The SMILES string of the molecule is CN(Cc1cccs1)C(=O)Nc1ccccc1C(=O)N1CCOCC1. The van der Waals surface area contributed by atoms with E-state index in [1.165, 1.54) is 0 Å². The van der Waals surface area contributed by atoms with Crippen LogP contribution in [0, 0.1) is 0 Å². The van der Waals surface area contributed by atoms with Crippen LogP contribution in [-0.4, -0.2) is 55.1 Å². The van der Waals surface area contributed by atoms with Gasteiger partial charge in [0.15, 0.2) is 0 Å². The fourth-order valence-electron chi connectivity index (χ4n) is 2.63. The molecule has 1 aromatic carbocycles. The minimum Gasteiger partial charge on any atom is -0.378 e. The Hall–Kier alpha value is -2.38. The smallest absolute Gasteiger partial charge is 0.321 e. The third kappa shape index (κ3) is 4.37. The van der Waals surface area contributed by atoms with Crippen LogP contribution in [0.25, 0.3) is 0 Å². The molecule has 3 amide bonds. The maximum atomic E-state index is 12.7. The predicted molar refractivity (Wildman–Crippen MR) is 98.0 cm³/mol. The summed E-state index contributed by atoms with van der Waals surface area (Å²) in [5.74, 6) is -0.0832. The molecule has 2 heterocycles. The number of rotatable bonds is 4. The highest BCUT2D eigenvalue weighted by Gasteiger charge is 2.22. The number of benzene rings is 1. The summed E-state index contributed by atoms with van der Waals surface area (Å²) in [5, 5.41) is 4.84. The minimum atomic E-state index is -0.240. The van der Waals surface area contributed by atoms with Gasteiger partial charge in [0, 0.05) is 25.0 Å². The molecule has 1 fully saturated rings. The molecule has 3 rings (SSSR count). The first-order chi connectivity index (χ1) is 12.1. The van der Waals surface area contributed by atoms with Crippen molar-refractivity contribution in [3.63, 3.8) is 0 Å². The minimum absolute atomic E-state index is 0.0832. The second kappa shape index (κ2) is 8.13. The zero-order chi connectivity index (χ0) is 17.6. The first kappa shape index (κ1) is 17.4. The van der Waals surface area contributed by atoms with Crippen molar-refractivity contribution in [2.45, 2.75) is 6.54 Å². The highest BCUT2D eigenvalue weighted by molar-refractivity contribution is 7.09. The van der Waals surface area contributed by atoms with Gasteiger partial charge in [-0.05, 0) is 23.6 Å². The first-order valence-electron chi connectivity index (χ1n) is 8.15. The highest BCUT2D eigenvalue weighted by atomic mass is 32.1. The van der Waals surface area contributed by atoms with Gasteiger partial charge in [0.05, 0.1) is 31.0 Å². The monoisotopic (exact) mass is 359 g/mol. The van der Waals surface area contributed by atoms with E-state index in [1.807, 2.05) is 23.6 Å². The number of nitrogens with zero attached hydrogens (tertiary/aromatic N) is 2. The van der Waals surface area contributed by atoms with Gasteiger partial charge in [-0.3, -0.25) is 4.79 Å². The Morgan fingerprint density at radius 3 is 2.68 bits per heavy atom. The summed E-state index contributed by atoms with van der Waals surface area (Å²) >= 11 is 1.61. The third-order valence-corrected chi connectivity index (χ3v) is 4.88. The van der Waals surface area contributed by atoms with Crippen molar-refractivity contribution in [2.24, 2.45) is 0 Å². The van der Waals surface area contributed by atoms with Crippen molar-refractivity contribution in [3.05, 3.63) is 52.2 Å². The summed E-state index contributed by atoms with van der Waals surface area (Å²) < 4.78 is 5.29. The Bertz CT molecular complexity index is 727. The number of para-hydroxylation sites is 1. The van der Waals surface area contributed by atoms with Crippen molar-refractivity contribution < 1.29 is 14.3 Å². The van der Waals surface area contributed by atoms with Crippen LogP contribution in [0.2, 0.25) is 0 Å². The summed E-state index contributed by atoms with van der Waals surface area (Å²) in [6.07, 6.45) is 0. The Morgan fingerprint density at radius 1 is 1.20 bits per heavy atom. The van der Waals surface area contributed by atoms with Crippen LogP contribution in [0.1, 0.15) is 15.2 Å². The summed E-state index contributed by atoms with van der Waals surface area (Å²) in [7, 11) is 1.74. The van der Waals surface area contributed by atoms with E-state index < -0.39 is 0 Å². The Balaban J connectivity index is 1.69. The molecule has 0 unspecified atom stereocenters. The molecule has 2 aromatic rings. The molecule has 25 heavy (non-hydrogen) atoms. The van der Waals surface area contributed by atoms with E-state index in [9.17, 15) is 9.59 Å². The molecular formula is C18H21N3O3S. The van der Waals surface area contributed by atoms with Crippen molar-refractivity contribution in [1.82, 2.24) is 9.80 Å². The van der Waals surface area contributed by atoms with E-state index in [4.69, 9.17) is 4.74 Å². The van der Waals surface area contributed by atoms with Crippen molar-refractivity contribution >= 4 is 29.0 Å². The third-order valence-electron chi connectivity index (χ3n) is 4.02. The number of amides is 3. The number of morpholine rings is 1. The molecule has 0 spiro atoms. The molecule has 7 heteroatoms. The number of nitrogens with one attached hydrogen (secondary N) is 1. The summed E-state index contributed by atoms with van der Waals surface area (Å²) in [6.45, 7) is 2.76. The molecule has 132 valence electrons. The molecular weight excluding hydrogens is 338 g/mol. The van der Waals surface area contributed by atoms with Crippen LogP contribution in [0.5, 0.6) is 0 Å². The second-order valence-corrected chi connectivity index (χ2v) is 6.85. The van der Waals surface area contributed by atoms with E-state index in [0.29, 0.717) is 44.1 Å². The second-order valence-electron chi connectivity index (χ2n) is 5.82. The predicted octanol–water partition coefficient (Wildman–Crippen LogP) is 2.88. The van der Waals surface area contributed by atoms with Gasteiger partial charge >= 0.3 is 6.03 Å². The van der Waals surface area contributed by atoms with Crippen LogP contribution in [-0.2, 0) is 11.3 Å². The number of ether oxygens (including phenoxy) is 1. The standard InChI is InChI=1S/C18H21N3O3S/c1-20(13-14-5-4-12-25-14)18(23)19-16-7-3-2-6-15(16)17(22)21-8-10-24-11-9-21/h2-7,12H,8-11,13H2,1H3,(H,19,23). The molecule has 0 radical (unpaired) electrons. The van der Waals surface area contributed by atoms with Gasteiger partial charge in [-0.1, -0.05) is 18.2 Å². The highest BCUT2D eigenvalue weighted by Crippen LogP contribution is 2.19. The average Bonchev–Trinajstić information content (AvgIpc) is 3.15. The van der Waals surface area contributed by atoms with E-state index in [0.717, 1.165) is 4.88 Å². The van der Waals surface area contributed by atoms with E-state index in [1.54, 1.807) is 46.4 Å². The molecule has 1 saturated heterocycles. The number of thiophene rings is 1. The summed E-state index contributed by atoms with van der Waals surface area (Å²) in [5.41, 5.74) is 1.03. The molecule has 0 atom stereocenters. The Morgan fingerprint density at radius 2 is 1.96 bits per heavy atom. The van der Waals surface area contributed by atoms with Crippen LogP contribution in [0.4, 0.5) is 10.5 Å². The molecule has 0 aliphatic carbocycles. The Kier molecular flexibility index (Phi) is 5.67. The van der Waals surface area contributed by atoms with Crippen molar-refractivity contribution in [1.29, 1.82) is 0 Å². The van der Waals surface area contributed by atoms with Gasteiger partial charge in [-0.25, -0.2) is 4.79 Å². The lowest BCUT2D eigenvalue weighted by Crippen LogP contribution is -2.41. The lowest BCUT2D eigenvalue weighted by molar-refractivity contribution is 0.0303. The fraction of sp³-hybridized carbons (Fsp3) is 0.333. The maximum absolute atomic E-state index is 12.7. The molecule has 1 N–H and O–H groups in total. The average molecular weight is 359 g/mol. The molecule has 6 nitrogen and oxygen atoms in total. The molecule has 1 aromatic heterocycles. The number of hydrogen-bond acceptors (Lipinski definition) is 4. The fourth-order valence-corrected chi connectivity index (χ4v) is 3.39. The lowest BCUT2D eigenvalue weighted by Gasteiger charge is -2.27. The van der Waals surface area contributed by atoms with E-state index in [-0.39, 0.29) is 11.9 Å². The van der Waals surface area contributed by atoms with Gasteiger partial charge in [0.25, 0.3) is 5.91 Å². The van der Waals surface area contributed by atoms with Crippen LogP contribution in [0.15, 0.2) is 41.8 Å². The van der Waals surface area contributed by atoms with Gasteiger partial charge < -0.3 is 19.9 Å². The lowest BCUT2D eigenvalue weighted by atomic mass is 10.1. The van der Waals surface area contributed by atoms with E-state index >= 15 is 0 Å². The molecule has 1 aliphatic heterocycles. The van der Waals surface area contributed by atoms with Gasteiger partial charge in [0.1, 0.15) is 0 Å². The zero-order valence-corrected chi connectivity index (χ0v) is 14.9. The molecule has 0 saturated carbocycles. The number of urea groups is 1. The van der Waals surface area contributed by atoms with Gasteiger partial charge in [-0.2, -0.15) is 0 Å². The zero-order valence-electron chi connectivity index (χ0n) is 14.1. The summed E-state index contributed by atoms with van der Waals surface area (Å²) in [6, 6.07) is 10.8. The Labute approximate surface area is 151 Å². The number of carbonyl (C=O) groups is 2. The van der Waals surface area contributed by atoms with Crippen LogP contribution < -0.4 is 5.32 Å². The molecule has 0 bridgehead atoms. The van der Waals surface area contributed by atoms with Crippen molar-refractivity contribution in [3.8, 4) is 0 Å². The van der Waals surface area contributed by atoms with Crippen molar-refractivity contribution in [2.75, 3.05) is 38.7 Å². The quantitative estimate of drug-likeness (QED) is 0.913. The normalized spacial score (nSPS) is 14.2. The summed E-state index contributed by atoms with van der Waals surface area (Å²) in [4.78, 5) is 29.7. The maximum Gasteiger partial charge on any atom is 0.321 e. The molecule has 1 aliphatic rings. The number of anilines is 1. The van der Waals surface area contributed by atoms with Gasteiger partial charge in [-0.15, -0.1) is 11.3 Å². The van der Waals surface area contributed by atoms with Crippen LogP contribution in [0.3, 0.4) is 0 Å². The van der Waals surface area contributed by atoms with Gasteiger partial charge in [0.2, 0.25) is 0 Å². The largest absolute Gasteiger partial charge is 0.378 e. The number of hydrogen-bond donors (Lipinski definition) is 1.